The molecule has 4 nitrogen and oxygen atoms in total. The lowest BCUT2D eigenvalue weighted by Crippen LogP contribution is -2.23. The zero-order valence-corrected chi connectivity index (χ0v) is 13.4. The summed E-state index contributed by atoms with van der Waals surface area (Å²) in [5.41, 5.74) is 5.27. The van der Waals surface area contributed by atoms with Crippen molar-refractivity contribution in [2.24, 2.45) is 0 Å². The van der Waals surface area contributed by atoms with Gasteiger partial charge in [-0.15, -0.1) is 11.3 Å². The number of nitrogens with zero attached hydrogens (tertiary/aromatic N) is 3. The summed E-state index contributed by atoms with van der Waals surface area (Å²) < 4.78 is 0. The molecule has 0 spiro atoms. The summed E-state index contributed by atoms with van der Waals surface area (Å²) in [7, 11) is 2.06. The van der Waals surface area contributed by atoms with Gasteiger partial charge in [0.2, 0.25) is 0 Å². The second-order valence-corrected chi connectivity index (χ2v) is 6.07. The van der Waals surface area contributed by atoms with Gasteiger partial charge in [0, 0.05) is 30.7 Å². The molecule has 0 atom stereocenters. The molecule has 0 fully saturated rings. The number of anilines is 1. The van der Waals surface area contributed by atoms with E-state index in [0.717, 1.165) is 30.3 Å². The van der Waals surface area contributed by atoms with Crippen molar-refractivity contribution in [1.82, 2.24) is 15.3 Å². The van der Waals surface area contributed by atoms with Crippen LogP contribution in [0.15, 0.2) is 23.0 Å². The summed E-state index contributed by atoms with van der Waals surface area (Å²) in [4.78, 5) is 11.1. The minimum atomic E-state index is 0.486. The van der Waals surface area contributed by atoms with E-state index in [9.17, 15) is 0 Å². The summed E-state index contributed by atoms with van der Waals surface area (Å²) in [6.07, 6.45) is 0. The van der Waals surface area contributed by atoms with Gasteiger partial charge in [0.25, 0.3) is 0 Å². The maximum Gasteiger partial charge on any atom is 0.129 e. The van der Waals surface area contributed by atoms with Gasteiger partial charge < -0.3 is 10.2 Å². The summed E-state index contributed by atoms with van der Waals surface area (Å²) >= 11 is 1.63. The van der Waals surface area contributed by atoms with Crippen molar-refractivity contribution in [3.05, 3.63) is 40.0 Å². The van der Waals surface area contributed by atoms with Crippen LogP contribution in [0.25, 0.3) is 0 Å². The SMILES string of the molecule is Cc1cc(CNC(C)C)cc(N(C)Cc2cscn2)n1. The molecule has 2 rings (SSSR count). The second kappa shape index (κ2) is 6.81. The Hall–Kier alpha value is -1.46. The van der Waals surface area contributed by atoms with Gasteiger partial charge in [0.05, 0.1) is 17.7 Å². The largest absolute Gasteiger partial charge is 0.354 e. The van der Waals surface area contributed by atoms with Gasteiger partial charge in [-0.2, -0.15) is 0 Å². The quantitative estimate of drug-likeness (QED) is 0.888. The lowest BCUT2D eigenvalue weighted by molar-refractivity contribution is 0.588. The normalized spacial score (nSPS) is 11.1. The molecule has 0 unspecified atom stereocenters. The molecule has 20 heavy (non-hydrogen) atoms. The van der Waals surface area contributed by atoms with E-state index in [1.165, 1.54) is 5.56 Å². The van der Waals surface area contributed by atoms with Crippen molar-refractivity contribution in [3.8, 4) is 0 Å². The topological polar surface area (TPSA) is 41.0 Å². The molecule has 0 aliphatic heterocycles. The van der Waals surface area contributed by atoms with Crippen molar-refractivity contribution in [2.75, 3.05) is 11.9 Å². The maximum atomic E-state index is 4.62. The van der Waals surface area contributed by atoms with Gasteiger partial charge in [0.1, 0.15) is 5.82 Å². The van der Waals surface area contributed by atoms with E-state index in [1.54, 1.807) is 11.3 Å². The van der Waals surface area contributed by atoms with E-state index in [0.29, 0.717) is 6.04 Å². The average Bonchev–Trinajstić information content (AvgIpc) is 2.88. The van der Waals surface area contributed by atoms with Gasteiger partial charge in [-0.3, -0.25) is 0 Å². The monoisotopic (exact) mass is 290 g/mol. The minimum absolute atomic E-state index is 0.486. The van der Waals surface area contributed by atoms with Gasteiger partial charge in [-0.25, -0.2) is 9.97 Å². The zero-order valence-electron chi connectivity index (χ0n) is 12.6. The van der Waals surface area contributed by atoms with Crippen molar-refractivity contribution in [2.45, 2.75) is 39.9 Å². The lowest BCUT2D eigenvalue weighted by Gasteiger charge is -2.19. The van der Waals surface area contributed by atoms with Crippen molar-refractivity contribution >= 4 is 17.2 Å². The minimum Gasteiger partial charge on any atom is -0.354 e. The average molecular weight is 290 g/mol. The van der Waals surface area contributed by atoms with Gasteiger partial charge in [-0.05, 0) is 24.6 Å². The van der Waals surface area contributed by atoms with E-state index in [-0.39, 0.29) is 0 Å². The first-order chi connectivity index (χ1) is 9.54. The molecule has 0 aromatic carbocycles. The molecule has 0 aliphatic carbocycles. The summed E-state index contributed by atoms with van der Waals surface area (Å²) in [6, 6.07) is 4.77. The zero-order chi connectivity index (χ0) is 14.5. The molecule has 2 heterocycles. The van der Waals surface area contributed by atoms with Crippen molar-refractivity contribution in [1.29, 1.82) is 0 Å². The molecule has 0 saturated heterocycles. The Kier molecular flexibility index (Phi) is 5.09. The lowest BCUT2D eigenvalue weighted by atomic mass is 10.2. The van der Waals surface area contributed by atoms with Crippen molar-refractivity contribution < 1.29 is 0 Å². The summed E-state index contributed by atoms with van der Waals surface area (Å²) in [6.45, 7) is 8.02. The molecular formula is C15H22N4S. The van der Waals surface area contributed by atoms with E-state index < -0.39 is 0 Å². The van der Waals surface area contributed by atoms with Crippen LogP contribution >= 0.6 is 11.3 Å². The fourth-order valence-electron chi connectivity index (χ4n) is 1.98. The van der Waals surface area contributed by atoms with Crippen LogP contribution in [0.2, 0.25) is 0 Å². The van der Waals surface area contributed by atoms with E-state index in [4.69, 9.17) is 0 Å². The number of aryl methyl sites for hydroxylation is 1. The summed E-state index contributed by atoms with van der Waals surface area (Å²) in [5.74, 6) is 0.999. The second-order valence-electron chi connectivity index (χ2n) is 5.35. The standard InChI is InChI=1S/C15H22N4S/c1-11(2)16-7-13-5-12(3)18-15(6-13)19(4)8-14-9-20-10-17-14/h5-6,9-11,16H,7-8H2,1-4H3. The Labute approximate surface area is 124 Å². The Morgan fingerprint density at radius 3 is 2.80 bits per heavy atom. The third-order valence-corrected chi connectivity index (χ3v) is 3.62. The molecule has 2 aromatic heterocycles. The van der Waals surface area contributed by atoms with E-state index >= 15 is 0 Å². The molecule has 0 saturated carbocycles. The number of thiazole rings is 1. The highest BCUT2D eigenvalue weighted by atomic mass is 32.1. The first-order valence-electron chi connectivity index (χ1n) is 6.83. The van der Waals surface area contributed by atoms with Gasteiger partial charge in [-0.1, -0.05) is 13.8 Å². The van der Waals surface area contributed by atoms with Crippen LogP contribution < -0.4 is 10.2 Å². The molecule has 0 aliphatic rings. The third kappa shape index (κ3) is 4.28. The molecule has 0 amide bonds. The van der Waals surface area contributed by atoms with Crippen LogP contribution in [-0.2, 0) is 13.1 Å². The highest BCUT2D eigenvalue weighted by Crippen LogP contribution is 2.16. The predicted octanol–water partition coefficient (Wildman–Crippen LogP) is 2.98. The fourth-order valence-corrected chi connectivity index (χ4v) is 2.53. The summed E-state index contributed by atoms with van der Waals surface area (Å²) in [5, 5.41) is 5.52. The smallest absolute Gasteiger partial charge is 0.129 e. The highest BCUT2D eigenvalue weighted by molar-refractivity contribution is 7.07. The number of rotatable bonds is 6. The van der Waals surface area contributed by atoms with E-state index in [1.807, 2.05) is 12.4 Å². The van der Waals surface area contributed by atoms with Crippen LogP contribution in [0.3, 0.4) is 0 Å². The first-order valence-corrected chi connectivity index (χ1v) is 7.78. The van der Waals surface area contributed by atoms with Crippen LogP contribution in [-0.4, -0.2) is 23.1 Å². The molecule has 1 N–H and O–H groups in total. The molecule has 5 heteroatoms. The van der Waals surface area contributed by atoms with E-state index in [2.05, 4.69) is 58.6 Å². The molecule has 0 radical (unpaired) electrons. The van der Waals surface area contributed by atoms with Crippen LogP contribution in [0.5, 0.6) is 0 Å². The number of pyridine rings is 1. The molecule has 2 aromatic rings. The Morgan fingerprint density at radius 2 is 2.15 bits per heavy atom. The fraction of sp³-hybridized carbons (Fsp3) is 0.467. The Balaban J connectivity index is 2.10. The molecular weight excluding hydrogens is 268 g/mol. The maximum absolute atomic E-state index is 4.62. The number of aromatic nitrogens is 2. The number of hydrogen-bond donors (Lipinski definition) is 1. The third-order valence-electron chi connectivity index (χ3n) is 2.99. The number of hydrogen-bond acceptors (Lipinski definition) is 5. The molecule has 0 bridgehead atoms. The Morgan fingerprint density at radius 1 is 1.35 bits per heavy atom. The van der Waals surface area contributed by atoms with Crippen molar-refractivity contribution in [3.63, 3.8) is 0 Å². The Bertz CT molecular complexity index is 537. The molecule has 108 valence electrons. The first kappa shape index (κ1) is 14.9. The predicted molar refractivity (Wildman–Crippen MR) is 85.2 cm³/mol. The highest BCUT2D eigenvalue weighted by Gasteiger charge is 2.07. The van der Waals surface area contributed by atoms with Crippen LogP contribution in [0.1, 0.15) is 30.8 Å². The van der Waals surface area contributed by atoms with Gasteiger partial charge >= 0.3 is 0 Å². The number of nitrogens with one attached hydrogen (secondary N) is 1. The van der Waals surface area contributed by atoms with Crippen LogP contribution in [0, 0.1) is 6.92 Å². The van der Waals surface area contributed by atoms with Crippen LogP contribution in [0.4, 0.5) is 5.82 Å². The van der Waals surface area contributed by atoms with Gasteiger partial charge in [0.15, 0.2) is 0 Å².